The number of benzene rings is 2. The van der Waals surface area contributed by atoms with Crippen LogP contribution in [0.2, 0.25) is 0 Å². The van der Waals surface area contributed by atoms with E-state index in [4.69, 9.17) is 4.74 Å². The monoisotopic (exact) mass is 468 g/mol. The number of aromatic nitrogens is 1. The molecule has 0 radical (unpaired) electrons. The molecule has 34 heavy (non-hydrogen) atoms. The van der Waals surface area contributed by atoms with E-state index in [-0.39, 0.29) is 5.78 Å². The summed E-state index contributed by atoms with van der Waals surface area (Å²) in [6.45, 7) is 0.890. The van der Waals surface area contributed by atoms with Crippen LogP contribution >= 0.6 is 0 Å². The van der Waals surface area contributed by atoms with E-state index in [0.717, 1.165) is 12.3 Å². The highest BCUT2D eigenvalue weighted by atomic mass is 19.4. The number of anilines is 1. The third kappa shape index (κ3) is 5.44. The van der Waals surface area contributed by atoms with Crippen molar-refractivity contribution in [2.24, 2.45) is 5.92 Å². The Labute approximate surface area is 195 Å². The van der Waals surface area contributed by atoms with Gasteiger partial charge in [-0.25, -0.2) is 4.98 Å². The number of hydrogen-bond donors (Lipinski definition) is 0. The Hall–Kier alpha value is -3.68. The third-order valence-corrected chi connectivity index (χ3v) is 5.86. The Kier molecular flexibility index (Phi) is 6.95. The third-order valence-electron chi connectivity index (χ3n) is 5.86. The van der Waals surface area contributed by atoms with Crippen LogP contribution in [0.15, 0.2) is 79.0 Å². The van der Waals surface area contributed by atoms with E-state index in [1.807, 2.05) is 11.0 Å². The van der Waals surface area contributed by atoms with Crippen LogP contribution in [0, 0.1) is 5.92 Å². The molecule has 176 valence electrons. The zero-order valence-corrected chi connectivity index (χ0v) is 18.2. The van der Waals surface area contributed by atoms with Crippen LogP contribution in [-0.4, -0.2) is 29.8 Å². The first-order chi connectivity index (χ1) is 16.3. The SMILES string of the molecule is O=C(O[C@H](C(=O)c1ccccc1)c1ccccc1)C1CCN(c2ccc(C(F)(F)F)cn2)CC1. The van der Waals surface area contributed by atoms with E-state index >= 15 is 0 Å². The quantitative estimate of drug-likeness (QED) is 0.354. The molecule has 0 bridgehead atoms. The lowest BCUT2D eigenvalue weighted by molar-refractivity contribution is -0.153. The number of carbonyl (C=O) groups excluding carboxylic acids is 2. The van der Waals surface area contributed by atoms with E-state index in [2.05, 4.69) is 4.98 Å². The molecule has 1 fully saturated rings. The van der Waals surface area contributed by atoms with Gasteiger partial charge in [0.2, 0.25) is 5.78 Å². The second-order valence-corrected chi connectivity index (χ2v) is 8.12. The number of halogens is 3. The second-order valence-electron chi connectivity index (χ2n) is 8.12. The number of Topliss-reactive ketones (excluding diaryl/α,β-unsaturated/α-hetero) is 1. The average molecular weight is 468 g/mol. The number of pyridine rings is 1. The maximum atomic E-state index is 13.1. The molecule has 2 heterocycles. The summed E-state index contributed by atoms with van der Waals surface area (Å²) in [4.78, 5) is 31.9. The van der Waals surface area contributed by atoms with Gasteiger partial charge in [0.15, 0.2) is 6.10 Å². The van der Waals surface area contributed by atoms with Crippen molar-refractivity contribution in [1.82, 2.24) is 4.98 Å². The maximum Gasteiger partial charge on any atom is 0.417 e. The maximum absolute atomic E-state index is 13.1. The number of hydrogen-bond acceptors (Lipinski definition) is 5. The van der Waals surface area contributed by atoms with Gasteiger partial charge in [-0.1, -0.05) is 60.7 Å². The highest BCUT2D eigenvalue weighted by molar-refractivity contribution is 6.01. The van der Waals surface area contributed by atoms with E-state index in [1.54, 1.807) is 54.6 Å². The summed E-state index contributed by atoms with van der Waals surface area (Å²) >= 11 is 0. The van der Waals surface area contributed by atoms with Gasteiger partial charge in [0.1, 0.15) is 5.82 Å². The lowest BCUT2D eigenvalue weighted by Gasteiger charge is -2.32. The predicted molar refractivity (Wildman–Crippen MR) is 120 cm³/mol. The van der Waals surface area contributed by atoms with Crippen molar-refractivity contribution in [1.29, 1.82) is 0 Å². The lowest BCUT2D eigenvalue weighted by atomic mass is 9.96. The summed E-state index contributed by atoms with van der Waals surface area (Å²) in [6, 6.07) is 19.9. The van der Waals surface area contributed by atoms with Crippen LogP contribution in [0.4, 0.5) is 19.0 Å². The van der Waals surface area contributed by atoms with Crippen LogP contribution in [0.25, 0.3) is 0 Å². The molecule has 1 atom stereocenters. The van der Waals surface area contributed by atoms with E-state index in [0.29, 0.717) is 42.9 Å². The summed E-state index contributed by atoms with van der Waals surface area (Å²) in [5.74, 6) is -0.744. The number of carbonyl (C=O) groups is 2. The first-order valence-corrected chi connectivity index (χ1v) is 11.0. The van der Waals surface area contributed by atoms with Crippen LogP contribution in [0.5, 0.6) is 0 Å². The van der Waals surface area contributed by atoms with Gasteiger partial charge in [-0.2, -0.15) is 13.2 Å². The Morgan fingerprint density at radius 1 is 0.912 bits per heavy atom. The van der Waals surface area contributed by atoms with Gasteiger partial charge in [0, 0.05) is 30.4 Å². The van der Waals surface area contributed by atoms with Crippen LogP contribution in [-0.2, 0) is 15.7 Å². The van der Waals surface area contributed by atoms with Crippen molar-refractivity contribution in [3.8, 4) is 0 Å². The number of nitrogens with zero attached hydrogens (tertiary/aromatic N) is 2. The molecule has 0 aliphatic carbocycles. The summed E-state index contributed by atoms with van der Waals surface area (Å²) in [5, 5.41) is 0. The molecular formula is C26H23F3N2O3. The first-order valence-electron chi connectivity index (χ1n) is 11.0. The van der Waals surface area contributed by atoms with Crippen molar-refractivity contribution in [2.75, 3.05) is 18.0 Å². The molecule has 1 aromatic heterocycles. The van der Waals surface area contributed by atoms with Gasteiger partial charge in [0.25, 0.3) is 0 Å². The minimum atomic E-state index is -4.44. The summed E-state index contributed by atoms with van der Waals surface area (Å²) < 4.78 is 44.0. The number of ether oxygens (including phenoxy) is 1. The van der Waals surface area contributed by atoms with Gasteiger partial charge in [-0.15, -0.1) is 0 Å². The Morgan fingerprint density at radius 2 is 1.53 bits per heavy atom. The molecule has 0 saturated carbocycles. The van der Waals surface area contributed by atoms with E-state index in [1.165, 1.54) is 6.07 Å². The molecule has 0 N–H and O–H groups in total. The molecule has 1 aliphatic heterocycles. The molecule has 0 amide bonds. The molecule has 3 aromatic rings. The second kappa shape index (κ2) is 10.1. The molecule has 5 nitrogen and oxygen atoms in total. The van der Waals surface area contributed by atoms with Gasteiger partial charge in [0.05, 0.1) is 11.5 Å². The fraction of sp³-hybridized carbons (Fsp3) is 0.269. The Morgan fingerprint density at radius 3 is 2.09 bits per heavy atom. The van der Waals surface area contributed by atoms with Crippen molar-refractivity contribution < 1.29 is 27.5 Å². The highest BCUT2D eigenvalue weighted by Gasteiger charge is 2.33. The normalized spacial score (nSPS) is 15.6. The number of rotatable bonds is 6. The van der Waals surface area contributed by atoms with Crippen molar-refractivity contribution >= 4 is 17.6 Å². The standard InChI is InChI=1S/C26H23F3N2O3/c27-26(28,29)21-11-12-22(30-17-21)31-15-13-20(14-16-31)25(33)34-24(19-9-5-2-6-10-19)23(32)18-7-3-1-4-8-18/h1-12,17,20,24H,13-16H2/t24-/m0/s1. The van der Waals surface area contributed by atoms with Crippen LogP contribution in [0.1, 0.15) is 40.4 Å². The molecule has 2 aromatic carbocycles. The van der Waals surface area contributed by atoms with Crippen molar-refractivity contribution in [3.63, 3.8) is 0 Å². The van der Waals surface area contributed by atoms with E-state index in [9.17, 15) is 22.8 Å². The molecular weight excluding hydrogens is 445 g/mol. The topological polar surface area (TPSA) is 59.5 Å². The Balaban J connectivity index is 1.42. The Bertz CT molecular complexity index is 1110. The molecule has 0 spiro atoms. The zero-order chi connectivity index (χ0) is 24.1. The van der Waals surface area contributed by atoms with Gasteiger partial charge < -0.3 is 9.64 Å². The number of piperidine rings is 1. The summed E-state index contributed by atoms with van der Waals surface area (Å²) in [6.07, 6.45) is -3.78. The zero-order valence-electron chi connectivity index (χ0n) is 18.2. The van der Waals surface area contributed by atoms with Crippen molar-refractivity contribution in [2.45, 2.75) is 25.1 Å². The highest BCUT2D eigenvalue weighted by Crippen LogP contribution is 2.31. The van der Waals surface area contributed by atoms with Crippen molar-refractivity contribution in [3.05, 3.63) is 95.7 Å². The number of esters is 1. The van der Waals surface area contributed by atoms with Gasteiger partial charge >= 0.3 is 12.1 Å². The average Bonchev–Trinajstić information content (AvgIpc) is 2.87. The van der Waals surface area contributed by atoms with Crippen LogP contribution < -0.4 is 4.90 Å². The minimum absolute atomic E-state index is 0.299. The molecule has 4 rings (SSSR count). The fourth-order valence-corrected chi connectivity index (χ4v) is 3.95. The predicted octanol–water partition coefficient (Wildman–Crippen LogP) is 5.48. The molecule has 1 aliphatic rings. The van der Waals surface area contributed by atoms with Gasteiger partial charge in [-0.3, -0.25) is 9.59 Å². The number of ketones is 1. The van der Waals surface area contributed by atoms with Gasteiger partial charge in [-0.05, 0) is 25.0 Å². The molecule has 0 unspecified atom stereocenters. The van der Waals surface area contributed by atoms with E-state index < -0.39 is 29.7 Å². The first kappa shape index (κ1) is 23.5. The molecule has 8 heteroatoms. The minimum Gasteiger partial charge on any atom is -0.449 e. The summed E-state index contributed by atoms with van der Waals surface area (Å²) in [7, 11) is 0. The lowest BCUT2D eigenvalue weighted by Crippen LogP contribution is -2.38. The number of alkyl halides is 3. The smallest absolute Gasteiger partial charge is 0.417 e. The van der Waals surface area contributed by atoms with Crippen LogP contribution in [0.3, 0.4) is 0 Å². The largest absolute Gasteiger partial charge is 0.449 e. The summed E-state index contributed by atoms with van der Waals surface area (Å²) in [5.41, 5.74) is 0.244. The molecule has 1 saturated heterocycles. The fourth-order valence-electron chi connectivity index (χ4n) is 3.95.